The van der Waals surface area contributed by atoms with Gasteiger partial charge < -0.3 is 9.42 Å². The lowest BCUT2D eigenvalue weighted by Gasteiger charge is -2.33. The van der Waals surface area contributed by atoms with Gasteiger partial charge >= 0.3 is 0 Å². The van der Waals surface area contributed by atoms with Gasteiger partial charge in [-0.3, -0.25) is 9.69 Å². The van der Waals surface area contributed by atoms with Gasteiger partial charge in [0.15, 0.2) is 5.16 Å². The van der Waals surface area contributed by atoms with Gasteiger partial charge in [-0.1, -0.05) is 46.7 Å². The second-order valence-corrected chi connectivity index (χ2v) is 8.70. The van der Waals surface area contributed by atoms with E-state index in [1.807, 2.05) is 56.0 Å². The highest BCUT2D eigenvalue weighted by Crippen LogP contribution is 2.18. The van der Waals surface area contributed by atoms with Gasteiger partial charge in [-0.15, -0.1) is 0 Å². The fraction of sp³-hybridized carbons (Fsp3) is 0.409. The Morgan fingerprint density at radius 2 is 1.68 bits per heavy atom. The van der Waals surface area contributed by atoms with E-state index in [0.29, 0.717) is 42.3 Å². The number of carbonyl (C=O) groups excluding carboxylic acids is 1. The molecule has 0 saturated carbocycles. The molecule has 1 aromatic carbocycles. The average Bonchev–Trinajstić information content (AvgIpc) is 3.21. The van der Waals surface area contributed by atoms with Gasteiger partial charge in [0.2, 0.25) is 17.6 Å². The van der Waals surface area contributed by atoms with Crippen molar-refractivity contribution in [2.75, 3.05) is 31.9 Å². The standard InChI is InChI=1S/C22H26N6O2S/c1-15-4-6-18(7-5-15)21-25-19(30-26-21)13-27-8-10-28(11-9-27)20(29)14-31-22-23-16(2)12-17(3)24-22/h4-7,12H,8-11,13-14H2,1-3H3. The number of piperazine rings is 1. The smallest absolute Gasteiger partial charge is 0.241 e. The number of amides is 1. The van der Waals surface area contributed by atoms with Gasteiger partial charge in [0.1, 0.15) is 0 Å². The summed E-state index contributed by atoms with van der Waals surface area (Å²) >= 11 is 1.40. The second kappa shape index (κ2) is 9.57. The summed E-state index contributed by atoms with van der Waals surface area (Å²) in [4.78, 5) is 30.0. The Hall–Kier alpha value is -2.78. The highest BCUT2D eigenvalue weighted by Gasteiger charge is 2.23. The van der Waals surface area contributed by atoms with Crippen molar-refractivity contribution < 1.29 is 9.32 Å². The van der Waals surface area contributed by atoms with Gasteiger partial charge in [-0.25, -0.2) is 9.97 Å². The molecule has 1 amide bonds. The normalized spacial score (nSPS) is 14.7. The highest BCUT2D eigenvalue weighted by atomic mass is 32.2. The van der Waals surface area contributed by atoms with E-state index in [-0.39, 0.29) is 5.91 Å². The van der Waals surface area contributed by atoms with Crippen LogP contribution in [0.2, 0.25) is 0 Å². The van der Waals surface area contributed by atoms with Crippen molar-refractivity contribution in [2.24, 2.45) is 0 Å². The van der Waals surface area contributed by atoms with E-state index in [2.05, 4.69) is 25.0 Å². The Balaban J connectivity index is 1.25. The van der Waals surface area contributed by atoms with Crippen LogP contribution in [0.15, 0.2) is 40.0 Å². The second-order valence-electron chi connectivity index (χ2n) is 7.76. The summed E-state index contributed by atoms with van der Waals surface area (Å²) in [5, 5.41) is 4.76. The summed E-state index contributed by atoms with van der Waals surface area (Å²) in [6.07, 6.45) is 0. The van der Waals surface area contributed by atoms with Crippen LogP contribution in [0.5, 0.6) is 0 Å². The van der Waals surface area contributed by atoms with Crippen molar-refractivity contribution in [3.8, 4) is 11.4 Å². The van der Waals surface area contributed by atoms with Crippen molar-refractivity contribution in [3.05, 3.63) is 53.2 Å². The fourth-order valence-corrected chi connectivity index (χ4v) is 4.31. The quantitative estimate of drug-likeness (QED) is 0.429. The third kappa shape index (κ3) is 5.68. The zero-order valence-corrected chi connectivity index (χ0v) is 18.9. The van der Waals surface area contributed by atoms with Crippen LogP contribution in [0.1, 0.15) is 22.8 Å². The molecule has 162 valence electrons. The Labute approximate surface area is 186 Å². The zero-order chi connectivity index (χ0) is 21.8. The van der Waals surface area contributed by atoms with Crippen molar-refractivity contribution in [3.63, 3.8) is 0 Å². The minimum atomic E-state index is 0.117. The number of carbonyl (C=O) groups is 1. The largest absolute Gasteiger partial charge is 0.339 e. The fourth-order valence-electron chi connectivity index (χ4n) is 3.46. The lowest BCUT2D eigenvalue weighted by Crippen LogP contribution is -2.48. The van der Waals surface area contributed by atoms with E-state index < -0.39 is 0 Å². The summed E-state index contributed by atoms with van der Waals surface area (Å²) < 4.78 is 5.43. The first-order valence-electron chi connectivity index (χ1n) is 10.3. The monoisotopic (exact) mass is 438 g/mol. The van der Waals surface area contributed by atoms with Crippen LogP contribution in [0.25, 0.3) is 11.4 Å². The van der Waals surface area contributed by atoms with Crippen LogP contribution >= 0.6 is 11.8 Å². The van der Waals surface area contributed by atoms with Crippen LogP contribution in [0.4, 0.5) is 0 Å². The molecule has 1 aliphatic heterocycles. The topological polar surface area (TPSA) is 88.3 Å². The molecular formula is C22H26N6O2S. The first-order valence-corrected chi connectivity index (χ1v) is 11.3. The number of benzene rings is 1. The van der Waals surface area contributed by atoms with Crippen molar-refractivity contribution >= 4 is 17.7 Å². The number of nitrogens with zero attached hydrogens (tertiary/aromatic N) is 6. The van der Waals surface area contributed by atoms with Crippen LogP contribution in [0, 0.1) is 20.8 Å². The molecule has 0 aliphatic carbocycles. The Morgan fingerprint density at radius 1 is 1.00 bits per heavy atom. The van der Waals surface area contributed by atoms with Gasteiger partial charge in [-0.2, -0.15) is 4.98 Å². The molecule has 0 bridgehead atoms. The zero-order valence-electron chi connectivity index (χ0n) is 18.0. The van der Waals surface area contributed by atoms with Gasteiger partial charge in [0.25, 0.3) is 0 Å². The maximum Gasteiger partial charge on any atom is 0.241 e. The van der Waals surface area contributed by atoms with Crippen molar-refractivity contribution in [2.45, 2.75) is 32.5 Å². The molecule has 0 unspecified atom stereocenters. The maximum atomic E-state index is 12.6. The molecule has 1 aliphatic rings. The van der Waals surface area contributed by atoms with Gasteiger partial charge in [0.05, 0.1) is 12.3 Å². The first kappa shape index (κ1) is 21.5. The molecule has 31 heavy (non-hydrogen) atoms. The molecular weight excluding hydrogens is 412 g/mol. The number of thioether (sulfide) groups is 1. The molecule has 2 aromatic heterocycles. The van der Waals surface area contributed by atoms with E-state index in [9.17, 15) is 4.79 Å². The number of hydrogen-bond donors (Lipinski definition) is 0. The summed E-state index contributed by atoms with van der Waals surface area (Å²) in [5.74, 6) is 1.67. The number of rotatable bonds is 6. The SMILES string of the molecule is Cc1ccc(-c2noc(CN3CCN(C(=O)CSc4nc(C)cc(C)n4)CC3)n2)cc1. The van der Waals surface area contributed by atoms with Crippen LogP contribution < -0.4 is 0 Å². The maximum absolute atomic E-state index is 12.6. The third-order valence-corrected chi connectivity index (χ3v) is 5.98. The summed E-state index contributed by atoms with van der Waals surface area (Å²) in [6, 6.07) is 9.99. The summed E-state index contributed by atoms with van der Waals surface area (Å²) in [5.41, 5.74) is 3.98. The molecule has 1 saturated heterocycles. The van der Waals surface area contributed by atoms with E-state index in [1.165, 1.54) is 17.3 Å². The molecule has 1 fully saturated rings. The molecule has 0 N–H and O–H groups in total. The number of aryl methyl sites for hydroxylation is 3. The minimum Gasteiger partial charge on any atom is -0.339 e. The van der Waals surface area contributed by atoms with Crippen molar-refractivity contribution in [1.82, 2.24) is 29.9 Å². The van der Waals surface area contributed by atoms with E-state index in [4.69, 9.17) is 4.52 Å². The van der Waals surface area contributed by atoms with Crippen LogP contribution in [-0.2, 0) is 11.3 Å². The highest BCUT2D eigenvalue weighted by molar-refractivity contribution is 7.99. The van der Waals surface area contributed by atoms with Gasteiger partial charge in [0, 0.05) is 43.1 Å². The Morgan fingerprint density at radius 3 is 2.35 bits per heavy atom. The lowest BCUT2D eigenvalue weighted by molar-refractivity contribution is -0.130. The predicted octanol–water partition coefficient (Wildman–Crippen LogP) is 2.89. The molecule has 3 heterocycles. The number of aromatic nitrogens is 4. The lowest BCUT2D eigenvalue weighted by atomic mass is 10.1. The van der Waals surface area contributed by atoms with Crippen LogP contribution in [-0.4, -0.2) is 67.7 Å². The Bertz CT molecular complexity index is 1020. The average molecular weight is 439 g/mol. The first-order chi connectivity index (χ1) is 15.0. The molecule has 8 nitrogen and oxygen atoms in total. The number of hydrogen-bond acceptors (Lipinski definition) is 8. The molecule has 0 atom stereocenters. The predicted molar refractivity (Wildman–Crippen MR) is 119 cm³/mol. The van der Waals surface area contributed by atoms with E-state index in [0.717, 1.165) is 30.0 Å². The minimum absolute atomic E-state index is 0.117. The third-order valence-electron chi connectivity index (χ3n) is 5.15. The Kier molecular flexibility index (Phi) is 6.62. The van der Waals surface area contributed by atoms with E-state index in [1.54, 1.807) is 0 Å². The van der Waals surface area contributed by atoms with Crippen molar-refractivity contribution in [1.29, 1.82) is 0 Å². The molecule has 0 spiro atoms. The van der Waals surface area contributed by atoms with Gasteiger partial charge in [-0.05, 0) is 26.8 Å². The van der Waals surface area contributed by atoms with E-state index >= 15 is 0 Å². The molecule has 0 radical (unpaired) electrons. The molecule has 4 rings (SSSR count). The molecule has 3 aromatic rings. The molecule has 9 heteroatoms. The summed E-state index contributed by atoms with van der Waals surface area (Å²) in [7, 11) is 0. The van der Waals surface area contributed by atoms with Crippen LogP contribution in [0.3, 0.4) is 0 Å². The summed E-state index contributed by atoms with van der Waals surface area (Å²) in [6.45, 7) is 9.44.